The molecule has 0 aromatic heterocycles. The van der Waals surface area contributed by atoms with Crippen molar-refractivity contribution in [3.05, 3.63) is 35.4 Å². The number of hydrogen-bond donors (Lipinski definition) is 1. The molecule has 0 spiro atoms. The van der Waals surface area contributed by atoms with Crippen molar-refractivity contribution in [1.82, 2.24) is 5.32 Å². The smallest absolute Gasteiger partial charge is 0.310 e. The van der Waals surface area contributed by atoms with Gasteiger partial charge < -0.3 is 10.1 Å². The summed E-state index contributed by atoms with van der Waals surface area (Å²) in [7, 11) is 1.46. The van der Waals surface area contributed by atoms with E-state index in [4.69, 9.17) is 4.74 Å². The first-order valence-electron chi connectivity index (χ1n) is 6.52. The number of esters is 1. The van der Waals surface area contributed by atoms with Crippen LogP contribution in [0.1, 0.15) is 36.8 Å². The maximum absolute atomic E-state index is 11.8. The fourth-order valence-electron chi connectivity index (χ4n) is 2.58. The normalized spacial score (nSPS) is 23.3. The Morgan fingerprint density at radius 3 is 2.83 bits per heavy atom. The Bertz CT molecular complexity index is 428. The Morgan fingerprint density at radius 2 is 2.17 bits per heavy atom. The third-order valence-corrected chi connectivity index (χ3v) is 3.72. The second kappa shape index (κ2) is 5.53. The molecule has 3 heteroatoms. The lowest BCUT2D eigenvalue weighted by molar-refractivity contribution is -0.145. The van der Waals surface area contributed by atoms with E-state index in [-0.39, 0.29) is 17.8 Å². The molecule has 0 aliphatic carbocycles. The summed E-state index contributed by atoms with van der Waals surface area (Å²) >= 11 is 0. The molecular formula is C15H21NO2. The molecule has 0 radical (unpaired) electrons. The Hall–Kier alpha value is -1.35. The Balaban J connectivity index is 2.24. The second-order valence-corrected chi connectivity index (χ2v) is 5.22. The summed E-state index contributed by atoms with van der Waals surface area (Å²) in [6.07, 6.45) is 0. The highest BCUT2D eigenvalue weighted by Crippen LogP contribution is 2.30. The van der Waals surface area contributed by atoms with E-state index in [0.717, 1.165) is 6.54 Å². The zero-order chi connectivity index (χ0) is 13.1. The van der Waals surface area contributed by atoms with E-state index in [9.17, 15) is 4.79 Å². The number of methoxy groups -OCH3 is 1. The second-order valence-electron chi connectivity index (χ2n) is 5.22. The molecule has 1 heterocycles. The molecular weight excluding hydrogens is 226 g/mol. The number of benzene rings is 1. The minimum absolute atomic E-state index is 0.0580. The van der Waals surface area contributed by atoms with Gasteiger partial charge in [0.15, 0.2) is 0 Å². The topological polar surface area (TPSA) is 38.3 Å². The predicted molar refractivity (Wildman–Crippen MR) is 71.6 cm³/mol. The van der Waals surface area contributed by atoms with Crippen LogP contribution in [0.2, 0.25) is 0 Å². The molecule has 18 heavy (non-hydrogen) atoms. The number of ether oxygens (including phenoxy) is 1. The molecule has 1 aliphatic heterocycles. The summed E-state index contributed by atoms with van der Waals surface area (Å²) in [6.45, 7) is 5.93. The number of nitrogens with one attached hydrogen (secondary N) is 1. The van der Waals surface area contributed by atoms with E-state index >= 15 is 0 Å². The molecule has 1 fully saturated rings. The van der Waals surface area contributed by atoms with Gasteiger partial charge in [0.2, 0.25) is 0 Å². The summed E-state index contributed by atoms with van der Waals surface area (Å²) in [4.78, 5) is 11.8. The van der Waals surface area contributed by atoms with Crippen molar-refractivity contribution in [1.29, 1.82) is 0 Å². The van der Waals surface area contributed by atoms with Crippen LogP contribution in [0.25, 0.3) is 0 Å². The Labute approximate surface area is 109 Å². The number of carbonyl (C=O) groups is 1. The van der Waals surface area contributed by atoms with Crippen LogP contribution in [-0.2, 0) is 9.53 Å². The first-order chi connectivity index (χ1) is 8.63. The summed E-state index contributed by atoms with van der Waals surface area (Å²) in [5, 5.41) is 3.28. The zero-order valence-electron chi connectivity index (χ0n) is 11.3. The molecule has 2 atom stereocenters. The van der Waals surface area contributed by atoms with E-state index in [0.29, 0.717) is 12.5 Å². The van der Waals surface area contributed by atoms with E-state index in [1.807, 2.05) is 0 Å². The minimum Gasteiger partial charge on any atom is -0.469 e. The van der Waals surface area contributed by atoms with Crippen molar-refractivity contribution < 1.29 is 9.53 Å². The molecule has 98 valence electrons. The van der Waals surface area contributed by atoms with Crippen molar-refractivity contribution in [3.63, 3.8) is 0 Å². The van der Waals surface area contributed by atoms with Crippen molar-refractivity contribution in [2.24, 2.45) is 5.92 Å². The summed E-state index contributed by atoms with van der Waals surface area (Å²) in [5.74, 6) is 0.574. The van der Waals surface area contributed by atoms with Crippen LogP contribution < -0.4 is 5.32 Å². The number of hydrogen-bond acceptors (Lipinski definition) is 3. The van der Waals surface area contributed by atoms with Crippen molar-refractivity contribution in [2.45, 2.75) is 25.7 Å². The van der Waals surface area contributed by atoms with Crippen LogP contribution in [0.15, 0.2) is 24.3 Å². The lowest BCUT2D eigenvalue weighted by Gasteiger charge is -2.18. The molecule has 1 aromatic carbocycles. The first-order valence-corrected chi connectivity index (χ1v) is 6.52. The molecule has 2 unspecified atom stereocenters. The van der Waals surface area contributed by atoms with Gasteiger partial charge in [0.1, 0.15) is 0 Å². The SMILES string of the molecule is COC(=O)C1CNCC1c1cccc(C(C)C)c1. The highest BCUT2D eigenvalue weighted by molar-refractivity contribution is 5.74. The third kappa shape index (κ3) is 2.56. The zero-order valence-corrected chi connectivity index (χ0v) is 11.3. The number of carbonyl (C=O) groups excluding carboxylic acids is 1. The van der Waals surface area contributed by atoms with Gasteiger partial charge in [0.25, 0.3) is 0 Å². The quantitative estimate of drug-likeness (QED) is 0.833. The largest absolute Gasteiger partial charge is 0.469 e. The molecule has 3 nitrogen and oxygen atoms in total. The Kier molecular flexibility index (Phi) is 4.02. The van der Waals surface area contributed by atoms with E-state index in [2.05, 4.69) is 43.4 Å². The molecule has 1 saturated heterocycles. The van der Waals surface area contributed by atoms with Crippen LogP contribution in [0.5, 0.6) is 0 Å². The standard InChI is InChI=1S/C15H21NO2/c1-10(2)11-5-4-6-12(7-11)13-8-16-9-14(13)15(17)18-3/h4-7,10,13-14,16H,8-9H2,1-3H3. The van der Waals surface area contributed by atoms with Gasteiger partial charge in [-0.2, -0.15) is 0 Å². The molecule has 1 N–H and O–H groups in total. The van der Waals surface area contributed by atoms with Gasteiger partial charge in [-0.1, -0.05) is 38.1 Å². The third-order valence-electron chi connectivity index (χ3n) is 3.72. The first kappa shape index (κ1) is 13.1. The predicted octanol–water partition coefficient (Wildman–Crippen LogP) is 2.29. The summed E-state index contributed by atoms with van der Waals surface area (Å²) in [6, 6.07) is 8.55. The molecule has 1 aromatic rings. The number of rotatable bonds is 3. The minimum atomic E-state index is -0.111. The van der Waals surface area contributed by atoms with Gasteiger partial charge in [-0.05, 0) is 17.0 Å². The fourth-order valence-corrected chi connectivity index (χ4v) is 2.58. The van der Waals surface area contributed by atoms with Crippen LogP contribution in [0.3, 0.4) is 0 Å². The van der Waals surface area contributed by atoms with E-state index < -0.39 is 0 Å². The maximum atomic E-state index is 11.8. The lowest BCUT2D eigenvalue weighted by Crippen LogP contribution is -2.23. The van der Waals surface area contributed by atoms with Crippen molar-refractivity contribution in [3.8, 4) is 0 Å². The van der Waals surface area contributed by atoms with Crippen molar-refractivity contribution in [2.75, 3.05) is 20.2 Å². The summed E-state index contributed by atoms with van der Waals surface area (Å²) < 4.78 is 4.88. The van der Waals surface area contributed by atoms with Gasteiger partial charge in [0.05, 0.1) is 13.0 Å². The maximum Gasteiger partial charge on any atom is 0.310 e. The summed E-state index contributed by atoms with van der Waals surface area (Å²) in [5.41, 5.74) is 2.56. The monoisotopic (exact) mass is 247 g/mol. The highest BCUT2D eigenvalue weighted by Gasteiger charge is 2.34. The molecule has 0 amide bonds. The van der Waals surface area contributed by atoms with Gasteiger partial charge in [0, 0.05) is 19.0 Å². The average molecular weight is 247 g/mol. The van der Waals surface area contributed by atoms with Gasteiger partial charge in [-0.3, -0.25) is 4.79 Å². The average Bonchev–Trinajstić information content (AvgIpc) is 2.87. The fraction of sp³-hybridized carbons (Fsp3) is 0.533. The van der Waals surface area contributed by atoms with Crippen LogP contribution in [0, 0.1) is 5.92 Å². The lowest BCUT2D eigenvalue weighted by atomic mass is 9.87. The van der Waals surface area contributed by atoms with Crippen LogP contribution in [0.4, 0.5) is 0 Å². The van der Waals surface area contributed by atoms with Crippen LogP contribution >= 0.6 is 0 Å². The van der Waals surface area contributed by atoms with Gasteiger partial charge in [-0.25, -0.2) is 0 Å². The van der Waals surface area contributed by atoms with Gasteiger partial charge in [-0.15, -0.1) is 0 Å². The molecule has 2 rings (SSSR count). The molecule has 1 aliphatic rings. The molecule has 0 bridgehead atoms. The van der Waals surface area contributed by atoms with Crippen molar-refractivity contribution >= 4 is 5.97 Å². The van der Waals surface area contributed by atoms with E-state index in [1.54, 1.807) is 0 Å². The Morgan fingerprint density at radius 1 is 1.39 bits per heavy atom. The van der Waals surface area contributed by atoms with Gasteiger partial charge >= 0.3 is 5.97 Å². The molecule has 0 saturated carbocycles. The highest BCUT2D eigenvalue weighted by atomic mass is 16.5. The van der Waals surface area contributed by atoms with Crippen LogP contribution in [-0.4, -0.2) is 26.2 Å². The van der Waals surface area contributed by atoms with E-state index in [1.165, 1.54) is 18.2 Å².